The Morgan fingerprint density at radius 2 is 0.510 bits per heavy atom. The smallest absolute Gasteiger partial charge is 0.338 e. The van der Waals surface area contributed by atoms with Crippen molar-refractivity contribution in [3.8, 4) is 0 Å². The van der Waals surface area contributed by atoms with E-state index in [0.29, 0.717) is 0 Å². The van der Waals surface area contributed by atoms with Gasteiger partial charge in [0.25, 0.3) is 0 Å². The maximum Gasteiger partial charge on any atom is 0.338 e. The Hall–Kier alpha value is -11.8. The second kappa shape index (κ2) is 35.2. The Balaban J connectivity index is 1.01. The number of ether oxygens (including phenoxy) is 15. The number of hydrogen-bond donors (Lipinski definition) is 1. The van der Waals surface area contributed by atoms with Crippen molar-refractivity contribution in [2.45, 2.75) is 106 Å². The Morgan fingerprint density at radius 3 is 0.817 bits per heavy atom. The van der Waals surface area contributed by atoms with E-state index in [1.165, 1.54) is 133 Å². The number of carbonyl (C=O) groups excluding carboxylic acids is 10. The largest absolute Gasteiger partial charge is 0.459 e. The molecule has 0 aromatic heterocycles. The molecule has 3 heterocycles. The molecule has 536 valence electrons. The zero-order chi connectivity index (χ0) is 73.1. The van der Waals surface area contributed by atoms with Crippen molar-refractivity contribution >= 4 is 59.7 Å². The van der Waals surface area contributed by atoms with E-state index < -0.39 is 172 Å². The first kappa shape index (κ1) is 73.4. The van der Waals surface area contributed by atoms with Gasteiger partial charge in [-0.25, -0.2) is 38.4 Å². The predicted octanol–water partition coefficient (Wildman–Crippen LogP) is 8.49. The number of aliphatic hydroxyl groups excluding tert-OH is 1. The van der Waals surface area contributed by atoms with Crippen LogP contribution in [-0.2, 0) is 80.6 Å². The van der Waals surface area contributed by atoms with E-state index in [1.54, 1.807) is 109 Å². The van der Waals surface area contributed by atoms with Gasteiger partial charge in [0, 0.05) is 13.8 Å². The lowest BCUT2D eigenvalue weighted by Crippen LogP contribution is -2.67. The van der Waals surface area contributed by atoms with Crippen LogP contribution in [0.1, 0.15) is 96.7 Å². The van der Waals surface area contributed by atoms with Crippen LogP contribution in [0.4, 0.5) is 0 Å². The summed E-state index contributed by atoms with van der Waals surface area (Å²) in [5, 5.41) is 12.3. The minimum Gasteiger partial charge on any atom is -0.459 e. The van der Waals surface area contributed by atoms with Crippen molar-refractivity contribution in [2.75, 3.05) is 19.8 Å². The molecule has 11 rings (SSSR count). The zero-order valence-corrected chi connectivity index (χ0v) is 55.5. The number of esters is 10. The van der Waals surface area contributed by atoms with Gasteiger partial charge in [-0.1, -0.05) is 146 Å². The highest BCUT2D eigenvalue weighted by atomic mass is 16.8. The molecule has 3 aliphatic heterocycles. The summed E-state index contributed by atoms with van der Waals surface area (Å²) in [6, 6.07) is 60.5. The third kappa shape index (κ3) is 18.8. The van der Waals surface area contributed by atoms with Crippen molar-refractivity contribution in [3.63, 3.8) is 0 Å². The van der Waals surface area contributed by atoms with E-state index in [0.717, 1.165) is 13.8 Å². The zero-order valence-electron chi connectivity index (χ0n) is 55.5. The molecule has 0 radical (unpaired) electrons. The summed E-state index contributed by atoms with van der Waals surface area (Å²) in [4.78, 5) is 142. The van der Waals surface area contributed by atoms with Crippen LogP contribution >= 0.6 is 0 Å². The summed E-state index contributed by atoms with van der Waals surface area (Å²) in [7, 11) is 0. The van der Waals surface area contributed by atoms with Gasteiger partial charge in [-0.05, 0) is 97.1 Å². The number of benzene rings is 8. The van der Waals surface area contributed by atoms with E-state index in [4.69, 9.17) is 71.1 Å². The molecule has 0 bridgehead atoms. The van der Waals surface area contributed by atoms with Gasteiger partial charge in [-0.3, -0.25) is 9.59 Å². The van der Waals surface area contributed by atoms with Gasteiger partial charge in [0.2, 0.25) is 0 Å². The van der Waals surface area contributed by atoms with Gasteiger partial charge in [-0.15, -0.1) is 0 Å². The molecule has 0 amide bonds. The SMILES string of the molecule is CC(=O)O[C@@H]1[C@@H](O[C@H]2O[C@H](COC(=O)c3ccccc3)[C@@H](OC(=O)c3ccccc3)[C@H](OC(=O)c3ccccc3)[C@H]2OC(=O)c2ccccc2)[C@H](OC(C)=O)[C@@H](CO[C@H]2O[C@H](COC(=O)c3ccccc3)[C@@H](OC(=O)c3ccccc3)[C@H](OC(=O)c3ccccc3)[C@H]2OC(=O)c2ccccc2)O[C@@H]1O. The van der Waals surface area contributed by atoms with Gasteiger partial charge in [0.1, 0.15) is 37.6 Å². The van der Waals surface area contributed by atoms with Crippen molar-refractivity contribution in [1.29, 1.82) is 0 Å². The molecule has 0 aliphatic carbocycles. The summed E-state index contributed by atoms with van der Waals surface area (Å²) < 4.78 is 93.6. The third-order valence-corrected chi connectivity index (χ3v) is 16.4. The maximum atomic E-state index is 14.7. The Kier molecular flexibility index (Phi) is 24.9. The summed E-state index contributed by atoms with van der Waals surface area (Å²) in [5.41, 5.74) is -0.105. The van der Waals surface area contributed by atoms with Crippen LogP contribution in [0, 0.1) is 0 Å². The Bertz CT molecular complexity index is 4230. The fraction of sp³-hybridized carbons (Fsp3) is 0.256. The van der Waals surface area contributed by atoms with E-state index >= 15 is 0 Å². The number of carbonyl (C=O) groups is 10. The average Bonchev–Trinajstić information content (AvgIpc) is 0.764. The molecule has 8 aromatic carbocycles. The molecule has 15 atom stereocenters. The fourth-order valence-corrected chi connectivity index (χ4v) is 11.5. The highest BCUT2D eigenvalue weighted by Crippen LogP contribution is 2.38. The Labute approximate surface area is 594 Å². The van der Waals surface area contributed by atoms with Gasteiger partial charge in [0.05, 0.1) is 51.1 Å². The van der Waals surface area contributed by atoms with Crippen molar-refractivity contribution in [2.24, 2.45) is 0 Å². The molecule has 3 saturated heterocycles. The van der Waals surface area contributed by atoms with Crippen molar-refractivity contribution < 1.29 is 124 Å². The lowest BCUT2D eigenvalue weighted by molar-refractivity contribution is -0.361. The topological polar surface area (TPSA) is 329 Å². The van der Waals surface area contributed by atoms with Crippen LogP contribution in [-0.4, -0.2) is 177 Å². The first-order chi connectivity index (χ1) is 50.5. The maximum absolute atomic E-state index is 14.7. The molecule has 1 N–H and O–H groups in total. The summed E-state index contributed by atoms with van der Waals surface area (Å²) in [6.07, 6.45) is -30.0. The van der Waals surface area contributed by atoms with Gasteiger partial charge >= 0.3 is 59.7 Å². The first-order valence-electron chi connectivity index (χ1n) is 32.7. The molecule has 8 aromatic rings. The molecule has 3 fully saturated rings. The molecule has 104 heavy (non-hydrogen) atoms. The summed E-state index contributed by atoms with van der Waals surface area (Å²) >= 11 is 0. The average molecular weight is 1420 g/mol. The molecule has 3 aliphatic rings. The van der Waals surface area contributed by atoms with Crippen LogP contribution in [0.2, 0.25) is 0 Å². The lowest BCUT2D eigenvalue weighted by atomic mass is 9.95. The van der Waals surface area contributed by atoms with Crippen LogP contribution in [0.15, 0.2) is 243 Å². The van der Waals surface area contributed by atoms with E-state index in [9.17, 15) is 53.1 Å². The third-order valence-electron chi connectivity index (χ3n) is 16.4. The van der Waals surface area contributed by atoms with E-state index in [1.807, 2.05) is 0 Å². The fourth-order valence-electron chi connectivity index (χ4n) is 11.5. The lowest BCUT2D eigenvalue weighted by Gasteiger charge is -2.48. The summed E-state index contributed by atoms with van der Waals surface area (Å²) in [5.74, 6) is -10.3. The van der Waals surface area contributed by atoms with Crippen molar-refractivity contribution in [1.82, 2.24) is 0 Å². The highest BCUT2D eigenvalue weighted by molar-refractivity contribution is 5.94. The molecular weight excluding hydrogens is 1350 g/mol. The highest BCUT2D eigenvalue weighted by Gasteiger charge is 2.59. The second-order valence-electron chi connectivity index (χ2n) is 23.6. The second-order valence-corrected chi connectivity index (χ2v) is 23.6. The molecule has 26 heteroatoms. The molecular formula is C78H68O26. The molecule has 26 nitrogen and oxygen atoms in total. The van der Waals surface area contributed by atoms with Crippen LogP contribution < -0.4 is 0 Å². The van der Waals surface area contributed by atoms with Crippen molar-refractivity contribution in [3.05, 3.63) is 287 Å². The monoisotopic (exact) mass is 1420 g/mol. The minimum atomic E-state index is -2.32. The van der Waals surface area contributed by atoms with Crippen LogP contribution in [0.5, 0.6) is 0 Å². The minimum absolute atomic E-state index is 0.00145. The number of aliphatic hydroxyl groups is 1. The quantitative estimate of drug-likeness (QED) is 0.0414. The molecule has 0 unspecified atom stereocenters. The van der Waals surface area contributed by atoms with Gasteiger partial charge < -0.3 is 76.2 Å². The number of hydrogen-bond acceptors (Lipinski definition) is 26. The summed E-state index contributed by atoms with van der Waals surface area (Å²) in [6.45, 7) is -0.673. The van der Waals surface area contributed by atoms with E-state index in [-0.39, 0.29) is 44.5 Å². The molecule has 0 saturated carbocycles. The van der Waals surface area contributed by atoms with Crippen LogP contribution in [0.3, 0.4) is 0 Å². The van der Waals surface area contributed by atoms with Gasteiger partial charge in [0.15, 0.2) is 67.7 Å². The van der Waals surface area contributed by atoms with Crippen LogP contribution in [0.25, 0.3) is 0 Å². The predicted molar refractivity (Wildman–Crippen MR) is 357 cm³/mol. The van der Waals surface area contributed by atoms with E-state index in [2.05, 4.69) is 0 Å². The normalized spacial score (nSPS) is 24.1. The number of rotatable bonds is 25. The molecule has 0 spiro atoms. The standard InChI is InChI=1S/C78H68O26/c1-46(79)93-59-56(45-92-77-66(102-74(87)54-39-23-9-24-40-54)63(100-72(85)52-35-19-7-20-36-52)60(98-70(83)50-31-15-5-16-32-50)57(96-77)43-90-68(81)48-27-11-3-12-28-48)95-76(89)65(94-47(2)80)62(59)104-78-67(103-75(88)55-41-25-10-26-42-55)64(101-73(86)53-37-21-8-22-38-53)61(99-71(84)51-33-17-6-18-34-51)58(97-78)44-91-69(82)49-29-13-4-14-30-49/h3-42,56-67,76-78,89H,43-45H2,1-2H3/t56-,57-,58-,59-,60-,61-,62+,63+,64+,65-,66-,67-,76+,77+,78-/m1/s1. The Morgan fingerprint density at radius 1 is 0.269 bits per heavy atom. The van der Waals surface area contributed by atoms with Gasteiger partial charge in [-0.2, -0.15) is 0 Å². The first-order valence-corrected chi connectivity index (χ1v) is 32.7.